The molecule has 0 aliphatic rings. The number of hydrogen-bond donors (Lipinski definition) is 3. The minimum Gasteiger partial charge on any atom is -0.376 e. The van der Waals surface area contributed by atoms with Gasteiger partial charge in [-0.05, 0) is 42.1 Å². The van der Waals surface area contributed by atoms with Gasteiger partial charge in [0.1, 0.15) is 0 Å². The quantitative estimate of drug-likeness (QED) is 0.730. The lowest BCUT2D eigenvalue weighted by Crippen LogP contribution is -2.42. The highest BCUT2D eigenvalue weighted by Gasteiger charge is 2.29. The van der Waals surface area contributed by atoms with Crippen LogP contribution in [0, 0.1) is 0 Å². The molecule has 1 aromatic carbocycles. The molecule has 9 heteroatoms. The summed E-state index contributed by atoms with van der Waals surface area (Å²) in [4.78, 5) is 24.3. The maximum atomic E-state index is 12.4. The van der Waals surface area contributed by atoms with E-state index in [0.29, 0.717) is 18.7 Å². The van der Waals surface area contributed by atoms with Crippen molar-refractivity contribution in [2.45, 2.75) is 12.6 Å². The Labute approximate surface area is 146 Å². The van der Waals surface area contributed by atoms with E-state index in [9.17, 15) is 22.8 Å². The predicted molar refractivity (Wildman–Crippen MR) is 89.5 cm³/mol. The third-order valence-corrected chi connectivity index (χ3v) is 4.09. The average Bonchev–Trinajstić information content (AvgIpc) is 3.06. The molecule has 0 spiro atoms. The van der Waals surface area contributed by atoms with Crippen LogP contribution in [0.1, 0.15) is 10.4 Å². The van der Waals surface area contributed by atoms with Crippen molar-refractivity contribution in [3.05, 3.63) is 52.2 Å². The summed E-state index contributed by atoms with van der Waals surface area (Å²) in [7, 11) is 0. The van der Waals surface area contributed by atoms with Crippen molar-refractivity contribution in [1.29, 1.82) is 0 Å². The van der Waals surface area contributed by atoms with Crippen LogP contribution < -0.4 is 16.0 Å². The average molecular weight is 371 g/mol. The Bertz CT molecular complexity index is 700. The van der Waals surface area contributed by atoms with Crippen LogP contribution in [0.2, 0.25) is 0 Å². The molecule has 3 N–H and O–H groups in total. The molecule has 25 heavy (non-hydrogen) atoms. The van der Waals surface area contributed by atoms with E-state index < -0.39 is 23.7 Å². The van der Waals surface area contributed by atoms with Gasteiger partial charge in [-0.3, -0.25) is 10.1 Å². The Morgan fingerprint density at radius 1 is 1.08 bits per heavy atom. The maximum Gasteiger partial charge on any atom is 0.416 e. The van der Waals surface area contributed by atoms with Gasteiger partial charge in [-0.1, -0.05) is 6.07 Å². The summed E-state index contributed by atoms with van der Waals surface area (Å²) >= 11 is 1.58. The first kappa shape index (κ1) is 18.8. The van der Waals surface area contributed by atoms with Gasteiger partial charge in [-0.15, -0.1) is 11.3 Å². The maximum absolute atomic E-state index is 12.4. The van der Waals surface area contributed by atoms with Crippen molar-refractivity contribution >= 4 is 29.0 Å². The largest absolute Gasteiger partial charge is 0.416 e. The van der Waals surface area contributed by atoms with Crippen LogP contribution in [0.5, 0.6) is 0 Å². The van der Waals surface area contributed by atoms with E-state index in [-0.39, 0.29) is 6.54 Å². The molecule has 0 unspecified atom stereocenters. The smallest absolute Gasteiger partial charge is 0.376 e. The fourth-order valence-electron chi connectivity index (χ4n) is 1.93. The van der Waals surface area contributed by atoms with Crippen LogP contribution in [0.15, 0.2) is 41.8 Å². The van der Waals surface area contributed by atoms with Crippen molar-refractivity contribution in [2.75, 3.05) is 18.4 Å². The van der Waals surface area contributed by atoms with E-state index in [4.69, 9.17) is 0 Å². The summed E-state index contributed by atoms with van der Waals surface area (Å²) in [6.07, 6.45) is -3.74. The zero-order valence-electron chi connectivity index (χ0n) is 13.0. The molecule has 0 saturated heterocycles. The number of anilines is 1. The number of carbonyl (C=O) groups is 2. The van der Waals surface area contributed by atoms with Crippen LogP contribution in [0.4, 0.5) is 23.7 Å². The van der Waals surface area contributed by atoms with Gasteiger partial charge in [0.2, 0.25) is 5.91 Å². The summed E-state index contributed by atoms with van der Waals surface area (Å²) in [6, 6.07) is 7.51. The molecule has 1 heterocycles. The standard InChI is InChI=1S/C16H16F3N3O2S/c17-16(18,19)11-3-5-12(6-4-11)21-10-14(23)22-15(24)20-8-7-13-2-1-9-25-13/h1-6,9,21H,7-8,10H2,(H2,20,22,23,24). The zero-order chi connectivity index (χ0) is 18.3. The van der Waals surface area contributed by atoms with Gasteiger partial charge in [0.15, 0.2) is 0 Å². The first-order valence-electron chi connectivity index (χ1n) is 7.36. The van der Waals surface area contributed by atoms with Crippen LogP contribution in [-0.2, 0) is 17.4 Å². The number of imide groups is 1. The van der Waals surface area contributed by atoms with E-state index in [2.05, 4.69) is 16.0 Å². The molecule has 0 saturated carbocycles. The highest BCUT2D eigenvalue weighted by atomic mass is 32.1. The van der Waals surface area contributed by atoms with E-state index in [1.54, 1.807) is 11.3 Å². The molecule has 0 bridgehead atoms. The van der Waals surface area contributed by atoms with Gasteiger partial charge in [-0.25, -0.2) is 4.79 Å². The lowest BCUT2D eigenvalue weighted by atomic mass is 10.2. The molecular formula is C16H16F3N3O2S. The molecule has 3 amide bonds. The molecule has 2 rings (SSSR count). The van der Waals surface area contributed by atoms with Crippen LogP contribution >= 0.6 is 11.3 Å². The molecular weight excluding hydrogens is 355 g/mol. The number of thiophene rings is 1. The van der Waals surface area contributed by atoms with Crippen LogP contribution in [0.3, 0.4) is 0 Å². The van der Waals surface area contributed by atoms with E-state index >= 15 is 0 Å². The fraction of sp³-hybridized carbons (Fsp3) is 0.250. The van der Waals surface area contributed by atoms with Crippen LogP contribution in [0.25, 0.3) is 0 Å². The predicted octanol–water partition coefficient (Wildman–Crippen LogP) is 3.25. The van der Waals surface area contributed by atoms with Gasteiger partial charge in [-0.2, -0.15) is 13.2 Å². The van der Waals surface area contributed by atoms with Crippen molar-refractivity contribution < 1.29 is 22.8 Å². The number of benzene rings is 1. The number of carbonyl (C=O) groups excluding carboxylic acids is 2. The molecule has 134 valence electrons. The van der Waals surface area contributed by atoms with Gasteiger partial charge in [0, 0.05) is 17.1 Å². The molecule has 0 aliphatic carbocycles. The lowest BCUT2D eigenvalue weighted by molar-refractivity contribution is -0.137. The second-order valence-electron chi connectivity index (χ2n) is 5.06. The second-order valence-corrected chi connectivity index (χ2v) is 6.09. The van der Waals surface area contributed by atoms with Crippen molar-refractivity contribution in [3.63, 3.8) is 0 Å². The first-order valence-corrected chi connectivity index (χ1v) is 8.24. The van der Waals surface area contributed by atoms with Gasteiger partial charge < -0.3 is 10.6 Å². The van der Waals surface area contributed by atoms with E-state index in [1.165, 1.54) is 12.1 Å². The Hall–Kier alpha value is -2.55. The van der Waals surface area contributed by atoms with E-state index in [0.717, 1.165) is 17.0 Å². The van der Waals surface area contributed by atoms with Crippen LogP contribution in [-0.4, -0.2) is 25.0 Å². The molecule has 0 fully saturated rings. The summed E-state index contributed by atoms with van der Waals surface area (Å²) in [6.45, 7) is 0.162. The highest BCUT2D eigenvalue weighted by molar-refractivity contribution is 7.09. The SMILES string of the molecule is O=C(CNc1ccc(C(F)(F)F)cc1)NC(=O)NCCc1cccs1. The van der Waals surface area contributed by atoms with Crippen molar-refractivity contribution in [3.8, 4) is 0 Å². The number of rotatable bonds is 6. The Balaban J connectivity index is 1.68. The molecule has 0 radical (unpaired) electrons. The summed E-state index contributed by atoms with van der Waals surface area (Å²) in [5, 5.41) is 9.28. The lowest BCUT2D eigenvalue weighted by Gasteiger charge is -2.10. The highest BCUT2D eigenvalue weighted by Crippen LogP contribution is 2.29. The number of urea groups is 1. The molecule has 1 aromatic heterocycles. The summed E-state index contributed by atoms with van der Waals surface area (Å²) < 4.78 is 37.3. The number of hydrogen-bond acceptors (Lipinski definition) is 4. The molecule has 0 atom stereocenters. The van der Waals surface area contributed by atoms with Gasteiger partial charge in [0.05, 0.1) is 12.1 Å². The van der Waals surface area contributed by atoms with E-state index in [1.807, 2.05) is 17.5 Å². The molecule has 2 aromatic rings. The van der Waals surface area contributed by atoms with Crippen molar-refractivity contribution in [1.82, 2.24) is 10.6 Å². The zero-order valence-corrected chi connectivity index (χ0v) is 13.8. The summed E-state index contributed by atoms with van der Waals surface area (Å²) in [5.41, 5.74) is -0.422. The summed E-state index contributed by atoms with van der Waals surface area (Å²) in [5.74, 6) is -0.589. The van der Waals surface area contributed by atoms with Gasteiger partial charge >= 0.3 is 12.2 Å². The topological polar surface area (TPSA) is 70.2 Å². The molecule has 0 aliphatic heterocycles. The first-order chi connectivity index (χ1) is 11.8. The Morgan fingerprint density at radius 3 is 2.40 bits per heavy atom. The normalized spacial score (nSPS) is 11.0. The third kappa shape index (κ3) is 6.46. The van der Waals surface area contributed by atoms with Crippen molar-refractivity contribution in [2.24, 2.45) is 0 Å². The van der Waals surface area contributed by atoms with Gasteiger partial charge in [0.25, 0.3) is 0 Å². The number of alkyl halides is 3. The minimum absolute atomic E-state index is 0.232. The second kappa shape index (κ2) is 8.52. The number of nitrogens with one attached hydrogen (secondary N) is 3. The Morgan fingerprint density at radius 2 is 1.80 bits per heavy atom. The Kier molecular flexibility index (Phi) is 6.40. The molecule has 5 nitrogen and oxygen atoms in total. The fourth-order valence-corrected chi connectivity index (χ4v) is 2.64. The minimum atomic E-state index is -4.41. The number of amides is 3. The monoisotopic (exact) mass is 371 g/mol. The number of halogens is 3. The third-order valence-electron chi connectivity index (χ3n) is 3.16.